The first kappa shape index (κ1) is 14.4. The van der Waals surface area contributed by atoms with Gasteiger partial charge >= 0.3 is 0 Å². The van der Waals surface area contributed by atoms with Crippen molar-refractivity contribution in [1.82, 2.24) is 4.90 Å². The number of rotatable bonds is 6. The lowest BCUT2D eigenvalue weighted by Crippen LogP contribution is -2.33. The zero-order valence-electron chi connectivity index (χ0n) is 12.2. The molecule has 0 aromatic heterocycles. The van der Waals surface area contributed by atoms with E-state index in [0.29, 0.717) is 0 Å². The number of hydrogen-bond acceptors (Lipinski definition) is 3. The Hall–Kier alpha value is -1.06. The van der Waals surface area contributed by atoms with Crippen LogP contribution in [-0.4, -0.2) is 31.2 Å². The molecule has 1 aromatic rings. The molecule has 0 amide bonds. The van der Waals surface area contributed by atoms with Crippen LogP contribution in [0.3, 0.4) is 0 Å². The van der Waals surface area contributed by atoms with E-state index < -0.39 is 0 Å². The lowest BCUT2D eigenvalue weighted by atomic mass is 9.98. The predicted molar refractivity (Wildman–Crippen MR) is 80.1 cm³/mol. The maximum Gasteiger partial charge on any atom is 0.0593 e. The minimum Gasteiger partial charge on any atom is -0.398 e. The van der Waals surface area contributed by atoms with E-state index in [1.807, 2.05) is 6.07 Å². The first-order chi connectivity index (χ1) is 9.16. The summed E-state index contributed by atoms with van der Waals surface area (Å²) in [6.45, 7) is 9.26. The summed E-state index contributed by atoms with van der Waals surface area (Å²) in [6.07, 6.45) is 2.25. The topological polar surface area (TPSA) is 38.5 Å². The van der Waals surface area contributed by atoms with Crippen molar-refractivity contribution in [3.8, 4) is 0 Å². The molecular weight excluding hydrogens is 236 g/mol. The van der Waals surface area contributed by atoms with Crippen molar-refractivity contribution in [2.75, 3.05) is 32.0 Å². The maximum atomic E-state index is 6.06. The van der Waals surface area contributed by atoms with Crippen LogP contribution >= 0.6 is 0 Å². The summed E-state index contributed by atoms with van der Waals surface area (Å²) in [5.41, 5.74) is 9.72. The molecule has 0 atom stereocenters. The number of ether oxygens (including phenoxy) is 1. The summed E-state index contributed by atoms with van der Waals surface area (Å²) < 4.78 is 5.69. The second-order valence-corrected chi connectivity index (χ2v) is 5.81. The van der Waals surface area contributed by atoms with Crippen LogP contribution in [0.4, 0.5) is 5.69 Å². The van der Waals surface area contributed by atoms with Crippen LogP contribution in [0, 0.1) is 5.92 Å². The van der Waals surface area contributed by atoms with Gasteiger partial charge in [-0.05, 0) is 36.0 Å². The minimum absolute atomic E-state index is 0.724. The summed E-state index contributed by atoms with van der Waals surface area (Å²) in [5.74, 6) is 0.724. The third kappa shape index (κ3) is 4.22. The molecule has 1 heterocycles. The van der Waals surface area contributed by atoms with Gasteiger partial charge < -0.3 is 10.5 Å². The smallest absolute Gasteiger partial charge is 0.0593 e. The lowest BCUT2D eigenvalue weighted by molar-refractivity contribution is 0.0922. The normalized spacial score (nSPS) is 15.7. The van der Waals surface area contributed by atoms with Gasteiger partial charge in [0.05, 0.1) is 6.61 Å². The van der Waals surface area contributed by atoms with Crippen molar-refractivity contribution >= 4 is 5.69 Å². The zero-order valence-corrected chi connectivity index (χ0v) is 12.2. The highest BCUT2D eigenvalue weighted by atomic mass is 16.5. The van der Waals surface area contributed by atoms with E-state index in [1.165, 1.54) is 11.1 Å². The molecule has 0 unspecified atom stereocenters. The van der Waals surface area contributed by atoms with Crippen LogP contribution in [0.2, 0.25) is 0 Å². The Morgan fingerprint density at radius 2 is 2.16 bits per heavy atom. The van der Waals surface area contributed by atoms with Crippen molar-refractivity contribution in [3.05, 3.63) is 29.3 Å². The Bertz CT molecular complexity index is 404. The Labute approximate surface area is 116 Å². The van der Waals surface area contributed by atoms with Crippen LogP contribution < -0.4 is 5.73 Å². The van der Waals surface area contributed by atoms with Crippen molar-refractivity contribution in [2.45, 2.75) is 33.2 Å². The van der Waals surface area contributed by atoms with E-state index in [0.717, 1.165) is 57.3 Å². The maximum absolute atomic E-state index is 6.06. The summed E-state index contributed by atoms with van der Waals surface area (Å²) in [4.78, 5) is 2.44. The van der Waals surface area contributed by atoms with Gasteiger partial charge in [-0.25, -0.2) is 0 Å². The predicted octanol–water partition coefficient (Wildman–Crippen LogP) is 2.69. The highest BCUT2D eigenvalue weighted by Crippen LogP contribution is 2.23. The first-order valence-corrected chi connectivity index (χ1v) is 7.33. The number of benzene rings is 1. The number of fused-ring (bicyclic) bond motifs is 1. The summed E-state index contributed by atoms with van der Waals surface area (Å²) >= 11 is 0. The molecular formula is C16H26N2O. The van der Waals surface area contributed by atoms with E-state index in [2.05, 4.69) is 30.9 Å². The zero-order chi connectivity index (χ0) is 13.7. The van der Waals surface area contributed by atoms with Gasteiger partial charge in [-0.15, -0.1) is 0 Å². The average molecular weight is 262 g/mol. The van der Waals surface area contributed by atoms with Gasteiger partial charge in [0.1, 0.15) is 0 Å². The van der Waals surface area contributed by atoms with Crippen LogP contribution in [0.5, 0.6) is 0 Å². The quantitative estimate of drug-likeness (QED) is 0.633. The van der Waals surface area contributed by atoms with Gasteiger partial charge in [-0.2, -0.15) is 0 Å². The Balaban J connectivity index is 1.74. The molecule has 3 nitrogen and oxygen atoms in total. The number of nitrogen functional groups attached to an aromatic ring is 1. The van der Waals surface area contributed by atoms with E-state index >= 15 is 0 Å². The van der Waals surface area contributed by atoms with Gasteiger partial charge in [0.15, 0.2) is 0 Å². The molecule has 0 bridgehead atoms. The van der Waals surface area contributed by atoms with Gasteiger partial charge in [0.2, 0.25) is 0 Å². The summed E-state index contributed by atoms with van der Waals surface area (Å²) in [6, 6.07) is 6.25. The van der Waals surface area contributed by atoms with Gasteiger partial charge in [0.25, 0.3) is 0 Å². The molecule has 3 heteroatoms. The molecule has 2 N–H and O–H groups in total. The monoisotopic (exact) mass is 262 g/mol. The van der Waals surface area contributed by atoms with Crippen LogP contribution in [0.25, 0.3) is 0 Å². The lowest BCUT2D eigenvalue weighted by Gasteiger charge is -2.29. The molecule has 2 rings (SSSR count). The van der Waals surface area contributed by atoms with Crippen LogP contribution in [0.1, 0.15) is 31.4 Å². The number of nitrogens with two attached hydrogens (primary N) is 1. The van der Waals surface area contributed by atoms with Gasteiger partial charge in [0, 0.05) is 31.9 Å². The van der Waals surface area contributed by atoms with E-state index in [-0.39, 0.29) is 0 Å². The molecule has 1 aromatic carbocycles. The van der Waals surface area contributed by atoms with Gasteiger partial charge in [-0.1, -0.05) is 26.0 Å². The summed E-state index contributed by atoms with van der Waals surface area (Å²) in [7, 11) is 0. The number of hydrogen-bond donors (Lipinski definition) is 1. The fourth-order valence-electron chi connectivity index (χ4n) is 2.47. The molecule has 106 valence electrons. The van der Waals surface area contributed by atoms with Crippen LogP contribution in [-0.2, 0) is 17.7 Å². The largest absolute Gasteiger partial charge is 0.398 e. The fourth-order valence-corrected chi connectivity index (χ4v) is 2.47. The van der Waals surface area contributed by atoms with Crippen molar-refractivity contribution in [2.24, 2.45) is 5.92 Å². The second kappa shape index (κ2) is 6.92. The van der Waals surface area contributed by atoms with E-state index in [1.54, 1.807) is 0 Å². The molecule has 0 radical (unpaired) electrons. The molecule has 19 heavy (non-hydrogen) atoms. The minimum atomic E-state index is 0.724. The molecule has 0 aliphatic carbocycles. The van der Waals surface area contributed by atoms with Crippen molar-refractivity contribution < 1.29 is 4.74 Å². The molecule has 0 fully saturated rings. The van der Waals surface area contributed by atoms with Crippen molar-refractivity contribution in [1.29, 1.82) is 0 Å². The molecule has 1 aliphatic rings. The molecule has 0 saturated carbocycles. The fraction of sp³-hybridized carbons (Fsp3) is 0.625. The second-order valence-electron chi connectivity index (χ2n) is 5.81. The van der Waals surface area contributed by atoms with E-state index in [4.69, 9.17) is 10.5 Å². The average Bonchev–Trinajstić information content (AvgIpc) is 2.39. The molecule has 1 aliphatic heterocycles. The molecule has 0 saturated heterocycles. The first-order valence-electron chi connectivity index (χ1n) is 7.33. The Morgan fingerprint density at radius 1 is 1.32 bits per heavy atom. The van der Waals surface area contributed by atoms with E-state index in [9.17, 15) is 0 Å². The third-order valence-electron chi connectivity index (χ3n) is 3.78. The highest BCUT2D eigenvalue weighted by Gasteiger charge is 2.17. The molecule has 0 spiro atoms. The number of anilines is 1. The highest BCUT2D eigenvalue weighted by molar-refractivity contribution is 5.51. The SMILES string of the molecule is CC(C)CCOCCN1CCc2cccc(N)c2C1. The Kier molecular flexibility index (Phi) is 5.23. The number of nitrogens with zero attached hydrogens (tertiary/aromatic N) is 1. The third-order valence-corrected chi connectivity index (χ3v) is 3.78. The Morgan fingerprint density at radius 3 is 2.95 bits per heavy atom. The van der Waals surface area contributed by atoms with Crippen molar-refractivity contribution in [3.63, 3.8) is 0 Å². The summed E-state index contributed by atoms with van der Waals surface area (Å²) in [5, 5.41) is 0. The van der Waals surface area contributed by atoms with Gasteiger partial charge in [-0.3, -0.25) is 4.90 Å². The standard InChI is InChI=1S/C16H26N2O/c1-13(2)7-10-19-11-9-18-8-6-14-4-3-5-16(17)15(14)12-18/h3-5,13H,6-12,17H2,1-2H3. The van der Waals surface area contributed by atoms with Crippen LogP contribution in [0.15, 0.2) is 18.2 Å².